The number of carbonyl (C=O) groups is 1. The number of carbonyl (C=O) groups excluding carboxylic acids is 1. The van der Waals surface area contributed by atoms with E-state index in [2.05, 4.69) is 25.4 Å². The molecule has 0 spiro atoms. The average molecular weight is 464 g/mol. The lowest BCUT2D eigenvalue weighted by atomic mass is 10.0. The molecule has 0 saturated carbocycles. The molecular weight excluding hydrogens is 442 g/mol. The molecule has 4 aromatic rings. The Labute approximate surface area is 195 Å². The summed E-state index contributed by atoms with van der Waals surface area (Å²) in [7, 11) is 0. The Hall–Kier alpha value is -3.72. The Bertz CT molecular complexity index is 1290. The molecule has 5 rings (SSSR count). The number of amides is 1. The zero-order chi connectivity index (χ0) is 22.9. The number of piperazine rings is 1. The minimum Gasteiger partial charge on any atom is -0.360 e. The van der Waals surface area contributed by atoms with Crippen LogP contribution in [-0.4, -0.2) is 62.1 Å². The highest BCUT2D eigenvalue weighted by Gasteiger charge is 2.29. The number of hydrogen-bond acceptors (Lipinski definition) is 7. The second-order valence-electron chi connectivity index (χ2n) is 7.87. The van der Waals surface area contributed by atoms with E-state index >= 15 is 0 Å². The lowest BCUT2D eigenvalue weighted by Gasteiger charge is -2.35. The van der Waals surface area contributed by atoms with Crippen molar-refractivity contribution in [2.45, 2.75) is 13.8 Å². The Morgan fingerprint density at radius 2 is 1.70 bits per heavy atom. The van der Waals surface area contributed by atoms with Crippen LogP contribution in [0.5, 0.6) is 0 Å². The van der Waals surface area contributed by atoms with Crippen LogP contribution in [0.1, 0.15) is 21.8 Å². The number of nitrogens with zero attached hydrogens (tertiary/aromatic N) is 7. The van der Waals surface area contributed by atoms with E-state index in [0.29, 0.717) is 59.6 Å². The van der Waals surface area contributed by atoms with Gasteiger partial charge in [0, 0.05) is 37.9 Å². The minimum absolute atomic E-state index is 0.112. The molecule has 0 radical (unpaired) electrons. The van der Waals surface area contributed by atoms with Crippen molar-refractivity contribution in [3.8, 4) is 17.1 Å². The molecular formula is C23H22ClN7O2. The number of rotatable bonds is 4. The molecule has 0 atom stereocenters. The Morgan fingerprint density at radius 3 is 2.36 bits per heavy atom. The second-order valence-corrected chi connectivity index (χ2v) is 8.28. The summed E-state index contributed by atoms with van der Waals surface area (Å²) in [5, 5.41) is 17.6. The molecule has 3 aromatic heterocycles. The fourth-order valence-corrected chi connectivity index (χ4v) is 4.13. The summed E-state index contributed by atoms with van der Waals surface area (Å²) in [5.74, 6) is 1.80. The first-order chi connectivity index (χ1) is 16.0. The van der Waals surface area contributed by atoms with E-state index in [-0.39, 0.29) is 5.91 Å². The van der Waals surface area contributed by atoms with E-state index in [9.17, 15) is 4.79 Å². The number of halogens is 1. The van der Waals surface area contributed by atoms with Gasteiger partial charge in [-0.1, -0.05) is 35.0 Å². The predicted octanol–water partition coefficient (Wildman–Crippen LogP) is 3.55. The van der Waals surface area contributed by atoms with Gasteiger partial charge >= 0.3 is 0 Å². The van der Waals surface area contributed by atoms with Gasteiger partial charge in [-0.2, -0.15) is 5.10 Å². The van der Waals surface area contributed by atoms with Gasteiger partial charge in [0.2, 0.25) is 0 Å². The van der Waals surface area contributed by atoms with Gasteiger partial charge < -0.3 is 14.3 Å². The largest absolute Gasteiger partial charge is 0.360 e. The molecule has 1 amide bonds. The lowest BCUT2D eigenvalue weighted by Crippen LogP contribution is -2.49. The molecule has 0 aliphatic carbocycles. The fraction of sp³-hybridized carbons (Fsp3) is 0.261. The number of aryl methyl sites for hydroxylation is 2. The van der Waals surface area contributed by atoms with Crippen molar-refractivity contribution in [3.05, 3.63) is 70.7 Å². The number of hydrogen-bond donors (Lipinski definition) is 0. The molecule has 0 unspecified atom stereocenters. The quantitative estimate of drug-likeness (QED) is 0.457. The normalized spacial score (nSPS) is 14.0. The SMILES string of the molecule is Cc1ccn(-c2ccc(N3CCN(C(=O)c4c(-c5ccccc5Cl)noc4C)CC3)nn2)n1. The van der Waals surface area contributed by atoms with Crippen molar-refractivity contribution in [2.75, 3.05) is 31.1 Å². The van der Waals surface area contributed by atoms with E-state index < -0.39 is 0 Å². The zero-order valence-electron chi connectivity index (χ0n) is 18.3. The van der Waals surface area contributed by atoms with Crippen molar-refractivity contribution in [1.29, 1.82) is 0 Å². The molecule has 168 valence electrons. The zero-order valence-corrected chi connectivity index (χ0v) is 19.0. The predicted molar refractivity (Wildman–Crippen MR) is 124 cm³/mol. The van der Waals surface area contributed by atoms with Gasteiger partial charge in [0.15, 0.2) is 11.6 Å². The second kappa shape index (κ2) is 8.67. The number of benzene rings is 1. The summed E-state index contributed by atoms with van der Waals surface area (Å²) in [6, 6.07) is 13.0. The van der Waals surface area contributed by atoms with E-state index in [1.165, 1.54) is 0 Å². The Balaban J connectivity index is 1.29. The van der Waals surface area contributed by atoms with Gasteiger partial charge in [-0.25, -0.2) is 4.68 Å². The van der Waals surface area contributed by atoms with Crippen LogP contribution in [0.3, 0.4) is 0 Å². The molecule has 10 heteroatoms. The van der Waals surface area contributed by atoms with Crippen molar-refractivity contribution >= 4 is 23.3 Å². The van der Waals surface area contributed by atoms with Crippen LogP contribution >= 0.6 is 11.6 Å². The van der Waals surface area contributed by atoms with Crippen molar-refractivity contribution in [2.24, 2.45) is 0 Å². The van der Waals surface area contributed by atoms with Crippen LogP contribution in [0, 0.1) is 13.8 Å². The summed E-state index contributed by atoms with van der Waals surface area (Å²) in [6.07, 6.45) is 1.85. The van der Waals surface area contributed by atoms with Crippen LogP contribution in [0.2, 0.25) is 5.02 Å². The highest BCUT2D eigenvalue weighted by atomic mass is 35.5. The molecule has 1 aliphatic heterocycles. The molecule has 1 aromatic carbocycles. The van der Waals surface area contributed by atoms with Crippen LogP contribution in [0.4, 0.5) is 5.82 Å². The summed E-state index contributed by atoms with van der Waals surface area (Å²) in [5.41, 5.74) is 2.53. The first-order valence-electron chi connectivity index (χ1n) is 10.6. The first-order valence-corrected chi connectivity index (χ1v) is 11.0. The Kier molecular flexibility index (Phi) is 5.55. The molecule has 33 heavy (non-hydrogen) atoms. The van der Waals surface area contributed by atoms with Crippen LogP contribution < -0.4 is 4.90 Å². The third-order valence-electron chi connectivity index (χ3n) is 5.69. The third kappa shape index (κ3) is 4.07. The molecule has 0 bridgehead atoms. The van der Waals surface area contributed by atoms with Gasteiger partial charge in [-0.05, 0) is 38.1 Å². The monoisotopic (exact) mass is 463 g/mol. The van der Waals surface area contributed by atoms with Crippen LogP contribution in [0.15, 0.2) is 53.2 Å². The number of aromatic nitrogens is 5. The summed E-state index contributed by atoms with van der Waals surface area (Å²) in [6.45, 7) is 6.06. The smallest absolute Gasteiger partial charge is 0.259 e. The topological polar surface area (TPSA) is 93.2 Å². The maximum atomic E-state index is 13.4. The summed E-state index contributed by atoms with van der Waals surface area (Å²) in [4.78, 5) is 17.3. The Morgan fingerprint density at radius 1 is 0.970 bits per heavy atom. The summed E-state index contributed by atoms with van der Waals surface area (Å²) >= 11 is 6.34. The van der Waals surface area contributed by atoms with Crippen molar-refractivity contribution in [1.82, 2.24) is 30.0 Å². The van der Waals surface area contributed by atoms with E-state index in [4.69, 9.17) is 16.1 Å². The minimum atomic E-state index is -0.112. The average Bonchev–Trinajstić information content (AvgIpc) is 3.45. The van der Waals surface area contributed by atoms with Gasteiger partial charge in [0.1, 0.15) is 17.0 Å². The maximum absolute atomic E-state index is 13.4. The van der Waals surface area contributed by atoms with Crippen molar-refractivity contribution < 1.29 is 9.32 Å². The van der Waals surface area contributed by atoms with Gasteiger partial charge in [-0.15, -0.1) is 10.2 Å². The van der Waals surface area contributed by atoms with Gasteiger partial charge in [-0.3, -0.25) is 4.79 Å². The standard InChI is InChI=1S/C23H22ClN7O2/c1-15-9-10-31(27-15)20-8-7-19(25-26-20)29-11-13-30(14-12-29)23(32)21-16(2)33-28-22(21)17-5-3-4-6-18(17)24/h3-10H,11-14H2,1-2H3. The fourth-order valence-electron chi connectivity index (χ4n) is 3.91. The first kappa shape index (κ1) is 21.1. The molecule has 9 nitrogen and oxygen atoms in total. The molecule has 0 N–H and O–H groups in total. The summed E-state index contributed by atoms with van der Waals surface area (Å²) < 4.78 is 7.06. The molecule has 1 aliphatic rings. The van der Waals surface area contributed by atoms with Gasteiger partial charge in [0.05, 0.1) is 10.7 Å². The lowest BCUT2D eigenvalue weighted by molar-refractivity contribution is 0.0745. The molecule has 1 fully saturated rings. The van der Waals surface area contributed by atoms with Crippen LogP contribution in [-0.2, 0) is 0 Å². The van der Waals surface area contributed by atoms with E-state index in [1.54, 1.807) is 17.7 Å². The van der Waals surface area contributed by atoms with Gasteiger partial charge in [0.25, 0.3) is 5.91 Å². The third-order valence-corrected chi connectivity index (χ3v) is 6.02. The highest BCUT2D eigenvalue weighted by molar-refractivity contribution is 6.33. The van der Waals surface area contributed by atoms with Crippen molar-refractivity contribution in [3.63, 3.8) is 0 Å². The molecule has 1 saturated heterocycles. The van der Waals surface area contributed by atoms with E-state index in [0.717, 1.165) is 11.5 Å². The number of anilines is 1. The molecule has 4 heterocycles. The highest BCUT2D eigenvalue weighted by Crippen LogP contribution is 2.32. The van der Waals surface area contributed by atoms with E-state index in [1.807, 2.05) is 54.4 Å². The maximum Gasteiger partial charge on any atom is 0.259 e. The van der Waals surface area contributed by atoms with Crippen LogP contribution in [0.25, 0.3) is 17.1 Å².